The summed E-state index contributed by atoms with van der Waals surface area (Å²) in [6, 6.07) is 12.5. The third kappa shape index (κ3) is 5.98. The molecule has 4 rings (SSSR count). The van der Waals surface area contributed by atoms with E-state index in [1.54, 1.807) is 55.6 Å². The van der Waals surface area contributed by atoms with E-state index in [0.29, 0.717) is 34.9 Å². The lowest BCUT2D eigenvalue weighted by molar-refractivity contribution is -0.119. The molecule has 3 N–H and O–H groups in total. The van der Waals surface area contributed by atoms with E-state index in [4.69, 9.17) is 16.3 Å². The highest BCUT2D eigenvalue weighted by Crippen LogP contribution is 2.24. The van der Waals surface area contributed by atoms with E-state index >= 15 is 0 Å². The van der Waals surface area contributed by atoms with Gasteiger partial charge in [0.1, 0.15) is 6.04 Å². The third-order valence-electron chi connectivity index (χ3n) is 6.61. The van der Waals surface area contributed by atoms with Crippen LogP contribution in [0.5, 0.6) is 0 Å². The van der Waals surface area contributed by atoms with E-state index in [0.717, 1.165) is 25.9 Å². The van der Waals surface area contributed by atoms with Crippen molar-refractivity contribution in [3.05, 3.63) is 59.1 Å². The molecule has 2 saturated heterocycles. The molecule has 0 aromatic heterocycles. The minimum absolute atomic E-state index is 0.0277. The van der Waals surface area contributed by atoms with E-state index in [9.17, 15) is 14.4 Å². The molecular formula is C26H32ClN5O4. The predicted molar refractivity (Wildman–Crippen MR) is 139 cm³/mol. The number of nitrogens with zero attached hydrogens (tertiary/aromatic N) is 2. The molecule has 2 heterocycles. The van der Waals surface area contributed by atoms with Gasteiger partial charge in [0.05, 0.1) is 12.3 Å². The first-order chi connectivity index (χ1) is 17.4. The summed E-state index contributed by atoms with van der Waals surface area (Å²) in [5.41, 5.74) is 1.71. The smallest absolute Gasteiger partial charge is 0.322 e. The zero-order chi connectivity index (χ0) is 25.7. The van der Waals surface area contributed by atoms with Gasteiger partial charge in [-0.1, -0.05) is 18.5 Å². The van der Waals surface area contributed by atoms with Crippen LogP contribution in [0.1, 0.15) is 36.5 Å². The Balaban J connectivity index is 1.40. The van der Waals surface area contributed by atoms with Gasteiger partial charge in [-0.3, -0.25) is 14.9 Å². The number of likely N-dealkylation sites (tertiary alicyclic amines) is 2. The fourth-order valence-corrected chi connectivity index (χ4v) is 4.84. The summed E-state index contributed by atoms with van der Waals surface area (Å²) in [6.07, 6.45) is 2.11. The van der Waals surface area contributed by atoms with Gasteiger partial charge in [0.2, 0.25) is 5.91 Å². The molecular weight excluding hydrogens is 482 g/mol. The van der Waals surface area contributed by atoms with Crippen LogP contribution in [0.25, 0.3) is 0 Å². The van der Waals surface area contributed by atoms with Crippen molar-refractivity contribution in [2.75, 3.05) is 37.4 Å². The predicted octanol–water partition coefficient (Wildman–Crippen LogP) is 3.77. The van der Waals surface area contributed by atoms with Crippen LogP contribution in [0.4, 0.5) is 16.2 Å². The van der Waals surface area contributed by atoms with Gasteiger partial charge < -0.3 is 25.2 Å². The summed E-state index contributed by atoms with van der Waals surface area (Å²) in [7, 11) is 1.57. The van der Waals surface area contributed by atoms with Gasteiger partial charge in [0.15, 0.2) is 0 Å². The lowest BCUT2D eigenvalue weighted by atomic mass is 10.1. The zero-order valence-electron chi connectivity index (χ0n) is 20.5. The molecule has 0 bridgehead atoms. The molecule has 36 heavy (non-hydrogen) atoms. The second-order valence-corrected chi connectivity index (χ2v) is 9.42. The Hall–Kier alpha value is -3.14. The number of benzene rings is 2. The number of amides is 4. The van der Waals surface area contributed by atoms with Crippen LogP contribution >= 0.6 is 11.6 Å². The normalized spacial score (nSPS) is 21.5. The van der Waals surface area contributed by atoms with Gasteiger partial charge >= 0.3 is 6.03 Å². The maximum Gasteiger partial charge on any atom is 0.322 e. The molecule has 2 aliphatic rings. The lowest BCUT2D eigenvalue weighted by Gasteiger charge is -2.25. The molecule has 2 aromatic carbocycles. The molecule has 2 aromatic rings. The van der Waals surface area contributed by atoms with E-state index in [2.05, 4.69) is 16.0 Å². The fourth-order valence-electron chi connectivity index (χ4n) is 4.71. The van der Waals surface area contributed by atoms with Crippen LogP contribution in [0.3, 0.4) is 0 Å². The minimum atomic E-state index is -0.700. The molecule has 192 valence electrons. The van der Waals surface area contributed by atoms with Gasteiger partial charge in [-0.15, -0.1) is 0 Å². The van der Waals surface area contributed by atoms with Gasteiger partial charge in [0, 0.05) is 48.6 Å². The number of anilines is 2. The van der Waals surface area contributed by atoms with Crippen LogP contribution in [0.15, 0.2) is 48.5 Å². The minimum Gasteiger partial charge on any atom is -0.380 e. The molecule has 10 heteroatoms. The van der Waals surface area contributed by atoms with Crippen LogP contribution < -0.4 is 16.0 Å². The largest absolute Gasteiger partial charge is 0.380 e. The summed E-state index contributed by atoms with van der Waals surface area (Å²) in [6.45, 7) is 3.86. The molecule has 1 unspecified atom stereocenters. The molecule has 0 spiro atoms. The Morgan fingerprint density at radius 2 is 1.67 bits per heavy atom. The highest BCUT2D eigenvalue weighted by molar-refractivity contribution is 6.30. The number of urea groups is 1. The van der Waals surface area contributed by atoms with Crippen molar-refractivity contribution in [3.8, 4) is 0 Å². The fraction of sp³-hybridized carbons (Fsp3) is 0.423. The number of nitrogens with one attached hydrogen (secondary N) is 3. The van der Waals surface area contributed by atoms with Gasteiger partial charge in [0.25, 0.3) is 5.91 Å². The van der Waals surface area contributed by atoms with Crippen LogP contribution in [-0.2, 0) is 9.53 Å². The van der Waals surface area contributed by atoms with E-state index < -0.39 is 6.04 Å². The van der Waals surface area contributed by atoms with Crippen LogP contribution in [0, 0.1) is 0 Å². The number of carbonyl (C=O) groups is 3. The van der Waals surface area contributed by atoms with Crippen molar-refractivity contribution in [2.45, 2.75) is 44.5 Å². The number of ether oxygens (including phenoxy) is 1. The van der Waals surface area contributed by atoms with E-state index in [-0.39, 0.29) is 30.1 Å². The van der Waals surface area contributed by atoms with Gasteiger partial charge in [-0.2, -0.15) is 0 Å². The van der Waals surface area contributed by atoms with Gasteiger partial charge in [-0.25, -0.2) is 4.79 Å². The maximum atomic E-state index is 13.1. The van der Waals surface area contributed by atoms with E-state index in [1.165, 1.54) is 4.90 Å². The Bertz CT molecular complexity index is 1080. The number of halogens is 1. The summed E-state index contributed by atoms with van der Waals surface area (Å²) in [5.74, 6) is -0.341. The quantitative estimate of drug-likeness (QED) is 0.523. The summed E-state index contributed by atoms with van der Waals surface area (Å²) in [5, 5.41) is 9.60. The first-order valence-corrected chi connectivity index (χ1v) is 12.6. The maximum absolute atomic E-state index is 13.1. The summed E-state index contributed by atoms with van der Waals surface area (Å²) in [4.78, 5) is 42.4. The van der Waals surface area contributed by atoms with Gasteiger partial charge in [-0.05, 0) is 67.9 Å². The van der Waals surface area contributed by atoms with Crippen LogP contribution in [-0.4, -0.2) is 72.7 Å². The SMILES string of the molecule is CCNC1CCCN1C(=O)c1ccc(NC(=O)[C@H]2C[C@@H](OC)CN2C(=O)Nc2ccc(Cl)cc2)cc1. The highest BCUT2D eigenvalue weighted by Gasteiger charge is 2.40. The number of hydrogen-bond donors (Lipinski definition) is 3. The highest BCUT2D eigenvalue weighted by atomic mass is 35.5. The molecule has 2 fully saturated rings. The summed E-state index contributed by atoms with van der Waals surface area (Å²) < 4.78 is 5.44. The molecule has 9 nitrogen and oxygen atoms in total. The zero-order valence-corrected chi connectivity index (χ0v) is 21.3. The first-order valence-electron chi connectivity index (χ1n) is 12.2. The monoisotopic (exact) mass is 513 g/mol. The topological polar surface area (TPSA) is 103 Å². The summed E-state index contributed by atoms with van der Waals surface area (Å²) >= 11 is 5.92. The van der Waals surface area contributed by atoms with Crippen molar-refractivity contribution in [2.24, 2.45) is 0 Å². The third-order valence-corrected chi connectivity index (χ3v) is 6.86. The number of carbonyl (C=O) groups excluding carboxylic acids is 3. The Morgan fingerprint density at radius 1 is 1.00 bits per heavy atom. The average molecular weight is 514 g/mol. The molecule has 0 saturated carbocycles. The molecule has 4 amide bonds. The number of rotatable bonds is 7. The second-order valence-electron chi connectivity index (χ2n) is 8.98. The average Bonchev–Trinajstić information content (AvgIpc) is 3.53. The molecule has 0 radical (unpaired) electrons. The van der Waals surface area contributed by atoms with Crippen molar-refractivity contribution in [3.63, 3.8) is 0 Å². The lowest BCUT2D eigenvalue weighted by Crippen LogP contribution is -2.45. The van der Waals surface area contributed by atoms with E-state index in [1.807, 2.05) is 11.8 Å². The first kappa shape index (κ1) is 25.9. The standard InChI is InChI=1S/C26H32ClN5O4/c1-3-28-23-5-4-14-31(23)25(34)17-6-10-19(11-7-17)29-24(33)22-15-21(36-2)16-32(22)26(35)30-20-12-8-18(27)9-13-20/h6-13,21-23,28H,3-5,14-16H2,1-2H3,(H,29,33)(H,30,35)/t21-,22-,23?/m1/s1. The number of methoxy groups -OCH3 is 1. The molecule has 2 aliphatic heterocycles. The van der Waals surface area contributed by atoms with Crippen molar-refractivity contribution >= 4 is 40.8 Å². The molecule has 0 aliphatic carbocycles. The molecule has 3 atom stereocenters. The van der Waals surface area contributed by atoms with Crippen molar-refractivity contribution in [1.29, 1.82) is 0 Å². The Kier molecular flexibility index (Phi) is 8.45. The number of hydrogen-bond acceptors (Lipinski definition) is 5. The van der Waals surface area contributed by atoms with Crippen molar-refractivity contribution in [1.82, 2.24) is 15.1 Å². The second kappa shape index (κ2) is 11.7. The van der Waals surface area contributed by atoms with Crippen molar-refractivity contribution < 1.29 is 19.1 Å². The Labute approximate surface area is 216 Å². The Morgan fingerprint density at radius 3 is 2.33 bits per heavy atom. The van der Waals surface area contributed by atoms with Crippen LogP contribution in [0.2, 0.25) is 5.02 Å².